The summed E-state index contributed by atoms with van der Waals surface area (Å²) in [6, 6.07) is 8.97. The summed E-state index contributed by atoms with van der Waals surface area (Å²) in [7, 11) is 0. The fourth-order valence-corrected chi connectivity index (χ4v) is 1.37. The highest BCUT2D eigenvalue weighted by atomic mass is 16.5. The highest BCUT2D eigenvalue weighted by molar-refractivity contribution is 5.90. The summed E-state index contributed by atoms with van der Waals surface area (Å²) in [4.78, 5) is 15.7. The lowest BCUT2D eigenvalue weighted by molar-refractivity contribution is 0.0567. The van der Waals surface area contributed by atoms with Crippen LogP contribution >= 0.6 is 0 Å². The van der Waals surface area contributed by atoms with E-state index in [1.807, 2.05) is 18.2 Å². The Morgan fingerprint density at radius 3 is 2.76 bits per heavy atom. The van der Waals surface area contributed by atoms with E-state index >= 15 is 0 Å². The van der Waals surface area contributed by atoms with Crippen LogP contribution in [0, 0.1) is 0 Å². The molecule has 0 fully saturated rings. The SMILES string of the molecule is CCCCCN=CCOC(=O)c1ccccc1. The van der Waals surface area contributed by atoms with Crippen molar-refractivity contribution in [3.8, 4) is 0 Å². The summed E-state index contributed by atoms with van der Waals surface area (Å²) >= 11 is 0. The fourth-order valence-electron chi connectivity index (χ4n) is 1.37. The van der Waals surface area contributed by atoms with Crippen LogP contribution in [0.5, 0.6) is 0 Å². The van der Waals surface area contributed by atoms with Gasteiger partial charge in [0.15, 0.2) is 0 Å². The van der Waals surface area contributed by atoms with Crippen molar-refractivity contribution < 1.29 is 9.53 Å². The van der Waals surface area contributed by atoms with Gasteiger partial charge >= 0.3 is 5.97 Å². The molecule has 0 unspecified atom stereocenters. The molecule has 0 radical (unpaired) electrons. The molecule has 0 spiro atoms. The van der Waals surface area contributed by atoms with Crippen molar-refractivity contribution in [1.29, 1.82) is 0 Å². The molecule has 0 saturated heterocycles. The number of hydrogen-bond donors (Lipinski definition) is 0. The zero-order chi connectivity index (χ0) is 12.3. The van der Waals surface area contributed by atoms with E-state index < -0.39 is 0 Å². The van der Waals surface area contributed by atoms with Crippen molar-refractivity contribution in [1.82, 2.24) is 0 Å². The summed E-state index contributed by atoms with van der Waals surface area (Å²) in [6.07, 6.45) is 5.15. The van der Waals surface area contributed by atoms with E-state index in [-0.39, 0.29) is 12.6 Å². The average Bonchev–Trinajstić information content (AvgIpc) is 2.38. The van der Waals surface area contributed by atoms with Gasteiger partial charge in [-0.05, 0) is 18.6 Å². The van der Waals surface area contributed by atoms with Crippen LogP contribution in [0.4, 0.5) is 0 Å². The second-order valence-electron chi connectivity index (χ2n) is 3.76. The third kappa shape index (κ3) is 5.85. The summed E-state index contributed by atoms with van der Waals surface area (Å²) in [5.74, 6) is -0.300. The molecule has 3 nitrogen and oxygen atoms in total. The highest BCUT2D eigenvalue weighted by Crippen LogP contribution is 2.00. The molecule has 1 aromatic carbocycles. The maximum Gasteiger partial charge on any atom is 0.338 e. The number of nitrogens with zero attached hydrogens (tertiary/aromatic N) is 1. The second kappa shape index (κ2) is 8.50. The van der Waals surface area contributed by atoms with Crippen molar-refractivity contribution in [3.05, 3.63) is 35.9 Å². The van der Waals surface area contributed by atoms with Gasteiger partial charge in [-0.25, -0.2) is 4.79 Å². The standard InChI is InChI=1S/C14H19NO2/c1-2-3-7-10-15-11-12-17-14(16)13-8-5-4-6-9-13/h4-6,8-9,11H,2-3,7,10,12H2,1H3. The molecule has 0 N–H and O–H groups in total. The number of unbranched alkanes of at least 4 members (excludes halogenated alkanes) is 2. The molecule has 92 valence electrons. The van der Waals surface area contributed by atoms with Gasteiger partial charge in [-0.1, -0.05) is 38.0 Å². The minimum absolute atomic E-state index is 0.250. The molecule has 0 atom stereocenters. The van der Waals surface area contributed by atoms with E-state index in [4.69, 9.17) is 4.74 Å². The molecule has 0 saturated carbocycles. The number of benzene rings is 1. The summed E-state index contributed by atoms with van der Waals surface area (Å²) < 4.78 is 5.05. The largest absolute Gasteiger partial charge is 0.456 e. The van der Waals surface area contributed by atoms with Crippen LogP contribution in [0.15, 0.2) is 35.3 Å². The van der Waals surface area contributed by atoms with Crippen molar-refractivity contribution in [2.45, 2.75) is 26.2 Å². The number of esters is 1. The lowest BCUT2D eigenvalue weighted by Gasteiger charge is -2.00. The molecule has 0 bridgehead atoms. The van der Waals surface area contributed by atoms with Gasteiger partial charge in [-0.3, -0.25) is 4.99 Å². The van der Waals surface area contributed by atoms with Crippen LogP contribution in [-0.2, 0) is 4.74 Å². The number of carbonyl (C=O) groups is 1. The fraction of sp³-hybridized carbons (Fsp3) is 0.429. The third-order valence-corrected chi connectivity index (χ3v) is 2.32. The van der Waals surface area contributed by atoms with E-state index in [0.29, 0.717) is 5.56 Å². The van der Waals surface area contributed by atoms with Gasteiger partial charge in [0, 0.05) is 12.8 Å². The van der Waals surface area contributed by atoms with Gasteiger partial charge in [-0.2, -0.15) is 0 Å². The van der Waals surface area contributed by atoms with Crippen molar-refractivity contribution in [2.24, 2.45) is 4.99 Å². The molecule has 17 heavy (non-hydrogen) atoms. The van der Waals surface area contributed by atoms with E-state index in [1.54, 1.807) is 18.3 Å². The van der Waals surface area contributed by atoms with Crippen molar-refractivity contribution in [3.63, 3.8) is 0 Å². The lowest BCUT2D eigenvalue weighted by atomic mass is 10.2. The normalized spacial score (nSPS) is 10.6. The minimum Gasteiger partial charge on any atom is -0.456 e. The van der Waals surface area contributed by atoms with Crippen molar-refractivity contribution in [2.75, 3.05) is 13.2 Å². The topological polar surface area (TPSA) is 38.7 Å². The number of carbonyl (C=O) groups excluding carboxylic acids is 1. The van der Waals surface area contributed by atoms with Gasteiger partial charge in [0.25, 0.3) is 0 Å². The monoisotopic (exact) mass is 233 g/mol. The van der Waals surface area contributed by atoms with Crippen LogP contribution in [0.3, 0.4) is 0 Å². The first-order valence-electron chi connectivity index (χ1n) is 6.05. The Balaban J connectivity index is 2.16. The zero-order valence-electron chi connectivity index (χ0n) is 10.3. The van der Waals surface area contributed by atoms with Gasteiger partial charge in [0.1, 0.15) is 6.61 Å². The number of rotatable bonds is 7. The first-order valence-corrected chi connectivity index (χ1v) is 6.05. The smallest absolute Gasteiger partial charge is 0.338 e. The molecule has 3 heteroatoms. The van der Waals surface area contributed by atoms with Gasteiger partial charge in [-0.15, -0.1) is 0 Å². The Bertz CT molecular complexity index is 346. The molecular weight excluding hydrogens is 214 g/mol. The van der Waals surface area contributed by atoms with Crippen LogP contribution in [0.25, 0.3) is 0 Å². The molecular formula is C14H19NO2. The number of ether oxygens (including phenoxy) is 1. The summed E-state index contributed by atoms with van der Waals surface area (Å²) in [5.41, 5.74) is 0.576. The molecule has 0 aliphatic rings. The highest BCUT2D eigenvalue weighted by Gasteiger charge is 2.03. The van der Waals surface area contributed by atoms with Gasteiger partial charge in [0.05, 0.1) is 5.56 Å². The van der Waals surface area contributed by atoms with Crippen LogP contribution < -0.4 is 0 Å². The lowest BCUT2D eigenvalue weighted by Crippen LogP contribution is -2.06. The minimum atomic E-state index is -0.300. The number of hydrogen-bond acceptors (Lipinski definition) is 3. The Labute approximate surface area is 103 Å². The van der Waals surface area contributed by atoms with E-state index in [9.17, 15) is 4.79 Å². The molecule has 1 aromatic rings. The van der Waals surface area contributed by atoms with Gasteiger partial charge in [0.2, 0.25) is 0 Å². The second-order valence-corrected chi connectivity index (χ2v) is 3.76. The molecule has 0 aromatic heterocycles. The van der Waals surface area contributed by atoms with Crippen LogP contribution in [-0.4, -0.2) is 25.3 Å². The van der Waals surface area contributed by atoms with E-state index in [1.165, 1.54) is 12.8 Å². The van der Waals surface area contributed by atoms with Gasteiger partial charge < -0.3 is 4.74 Å². The number of aliphatic imine (C=N–C) groups is 1. The predicted octanol–water partition coefficient (Wildman–Crippen LogP) is 3.10. The summed E-state index contributed by atoms with van der Waals surface area (Å²) in [6.45, 7) is 3.22. The molecule has 0 heterocycles. The molecule has 0 aliphatic heterocycles. The van der Waals surface area contributed by atoms with Crippen LogP contribution in [0.2, 0.25) is 0 Å². The van der Waals surface area contributed by atoms with Crippen molar-refractivity contribution >= 4 is 12.2 Å². The first-order chi connectivity index (χ1) is 8.34. The van der Waals surface area contributed by atoms with E-state index in [2.05, 4.69) is 11.9 Å². The summed E-state index contributed by atoms with van der Waals surface area (Å²) in [5, 5.41) is 0. The maximum absolute atomic E-state index is 11.5. The maximum atomic E-state index is 11.5. The molecule has 0 aliphatic carbocycles. The molecule has 1 rings (SSSR count). The third-order valence-electron chi connectivity index (χ3n) is 2.32. The Hall–Kier alpha value is -1.64. The first kappa shape index (κ1) is 13.4. The molecule has 0 amide bonds. The predicted molar refractivity (Wildman–Crippen MR) is 69.6 cm³/mol. The Morgan fingerprint density at radius 1 is 1.29 bits per heavy atom. The quantitative estimate of drug-likeness (QED) is 0.412. The average molecular weight is 233 g/mol. The van der Waals surface area contributed by atoms with E-state index in [0.717, 1.165) is 13.0 Å². The Kier molecular flexibility index (Phi) is 6.72. The Morgan fingerprint density at radius 2 is 2.06 bits per heavy atom. The van der Waals surface area contributed by atoms with Crippen LogP contribution in [0.1, 0.15) is 36.5 Å². The zero-order valence-corrected chi connectivity index (χ0v) is 10.3.